The summed E-state index contributed by atoms with van der Waals surface area (Å²) in [5.74, 6) is 1.16. The molecule has 2 aromatic rings. The molecule has 24 heavy (non-hydrogen) atoms. The predicted octanol–water partition coefficient (Wildman–Crippen LogP) is 4.38. The second-order valence-corrected chi connectivity index (χ2v) is 5.64. The van der Waals surface area contributed by atoms with Crippen molar-refractivity contribution in [1.82, 2.24) is 0 Å². The van der Waals surface area contributed by atoms with Gasteiger partial charge in [0.25, 0.3) is 5.91 Å². The van der Waals surface area contributed by atoms with E-state index < -0.39 is 0 Å². The number of anilines is 1. The van der Waals surface area contributed by atoms with Gasteiger partial charge in [-0.25, -0.2) is 0 Å². The van der Waals surface area contributed by atoms with Gasteiger partial charge in [0.15, 0.2) is 11.5 Å². The standard InChI is InChI=1S/C20H25NO3/c1-6-21(17-10-8-14(3)12-15(17)4)20(22)16-9-11-18(24-7-2)19(13-16)23-5/h8-13H,6-7H2,1-5H3. The van der Waals surface area contributed by atoms with E-state index >= 15 is 0 Å². The predicted molar refractivity (Wildman–Crippen MR) is 97.4 cm³/mol. The van der Waals surface area contributed by atoms with Crippen LogP contribution in [0.3, 0.4) is 0 Å². The summed E-state index contributed by atoms with van der Waals surface area (Å²) in [5, 5.41) is 0. The van der Waals surface area contributed by atoms with Gasteiger partial charge in [-0.2, -0.15) is 0 Å². The summed E-state index contributed by atoms with van der Waals surface area (Å²) in [4.78, 5) is 14.8. The normalized spacial score (nSPS) is 10.4. The van der Waals surface area contributed by atoms with Crippen molar-refractivity contribution in [2.45, 2.75) is 27.7 Å². The first kappa shape index (κ1) is 17.9. The molecule has 0 saturated carbocycles. The van der Waals surface area contributed by atoms with Crippen molar-refractivity contribution in [3.05, 3.63) is 53.1 Å². The van der Waals surface area contributed by atoms with Gasteiger partial charge < -0.3 is 14.4 Å². The van der Waals surface area contributed by atoms with Crippen LogP contribution in [0.25, 0.3) is 0 Å². The minimum absolute atomic E-state index is 0.0502. The van der Waals surface area contributed by atoms with E-state index in [1.165, 1.54) is 5.56 Å². The molecule has 2 rings (SSSR count). The molecule has 0 saturated heterocycles. The van der Waals surface area contributed by atoms with Crippen LogP contribution in [0.1, 0.15) is 35.3 Å². The van der Waals surface area contributed by atoms with Gasteiger partial charge in [-0.15, -0.1) is 0 Å². The Balaban J connectivity index is 2.38. The molecule has 4 nitrogen and oxygen atoms in total. The average molecular weight is 327 g/mol. The number of methoxy groups -OCH3 is 1. The minimum Gasteiger partial charge on any atom is -0.493 e. The quantitative estimate of drug-likeness (QED) is 0.790. The summed E-state index contributed by atoms with van der Waals surface area (Å²) in [6.45, 7) is 9.11. The fourth-order valence-electron chi connectivity index (χ4n) is 2.76. The third-order valence-electron chi connectivity index (χ3n) is 3.91. The van der Waals surface area contributed by atoms with Crippen molar-refractivity contribution in [2.75, 3.05) is 25.2 Å². The molecular formula is C20H25NO3. The second-order valence-electron chi connectivity index (χ2n) is 5.64. The van der Waals surface area contributed by atoms with E-state index in [9.17, 15) is 4.79 Å². The maximum atomic E-state index is 13.0. The van der Waals surface area contributed by atoms with Crippen molar-refractivity contribution in [2.24, 2.45) is 0 Å². The maximum Gasteiger partial charge on any atom is 0.258 e. The minimum atomic E-state index is -0.0502. The summed E-state index contributed by atoms with van der Waals surface area (Å²) in [5.41, 5.74) is 3.78. The molecule has 0 aliphatic carbocycles. The summed E-state index contributed by atoms with van der Waals surface area (Å²) < 4.78 is 10.9. The molecule has 4 heteroatoms. The Labute approximate surface area is 144 Å². The first-order valence-corrected chi connectivity index (χ1v) is 8.21. The zero-order valence-corrected chi connectivity index (χ0v) is 15.1. The number of ether oxygens (including phenoxy) is 2. The van der Waals surface area contributed by atoms with Crippen LogP contribution in [0.2, 0.25) is 0 Å². The smallest absolute Gasteiger partial charge is 0.258 e. The van der Waals surface area contributed by atoms with E-state index in [1.807, 2.05) is 39.8 Å². The summed E-state index contributed by atoms with van der Waals surface area (Å²) >= 11 is 0. The highest BCUT2D eigenvalue weighted by Crippen LogP contribution is 2.30. The van der Waals surface area contributed by atoms with Gasteiger partial charge in [0.1, 0.15) is 0 Å². The van der Waals surface area contributed by atoms with Crippen LogP contribution in [-0.4, -0.2) is 26.2 Å². The van der Waals surface area contributed by atoms with Crippen molar-refractivity contribution < 1.29 is 14.3 Å². The Morgan fingerprint density at radius 2 is 1.79 bits per heavy atom. The highest BCUT2D eigenvalue weighted by molar-refractivity contribution is 6.06. The first-order valence-electron chi connectivity index (χ1n) is 8.21. The van der Waals surface area contributed by atoms with E-state index in [0.29, 0.717) is 30.2 Å². The molecule has 0 aliphatic rings. The zero-order valence-electron chi connectivity index (χ0n) is 15.1. The van der Waals surface area contributed by atoms with E-state index in [1.54, 1.807) is 30.2 Å². The summed E-state index contributed by atoms with van der Waals surface area (Å²) in [6.07, 6.45) is 0. The Kier molecular flexibility index (Phi) is 5.85. The van der Waals surface area contributed by atoms with Crippen molar-refractivity contribution in [1.29, 1.82) is 0 Å². The van der Waals surface area contributed by atoms with Crippen molar-refractivity contribution in [3.63, 3.8) is 0 Å². The number of amides is 1. The number of hydrogen-bond acceptors (Lipinski definition) is 3. The van der Waals surface area contributed by atoms with Crippen LogP contribution in [0.4, 0.5) is 5.69 Å². The number of aryl methyl sites for hydroxylation is 2. The molecule has 0 unspecified atom stereocenters. The van der Waals surface area contributed by atoms with Crippen LogP contribution in [0, 0.1) is 13.8 Å². The highest BCUT2D eigenvalue weighted by atomic mass is 16.5. The number of hydrogen-bond donors (Lipinski definition) is 0. The Hall–Kier alpha value is -2.49. The van der Waals surface area contributed by atoms with E-state index in [-0.39, 0.29) is 5.91 Å². The van der Waals surface area contributed by atoms with Gasteiger partial charge >= 0.3 is 0 Å². The largest absolute Gasteiger partial charge is 0.493 e. The zero-order chi connectivity index (χ0) is 17.7. The molecular weight excluding hydrogens is 302 g/mol. The molecule has 0 bridgehead atoms. The van der Waals surface area contributed by atoms with E-state index in [0.717, 1.165) is 11.3 Å². The van der Waals surface area contributed by atoms with Crippen molar-refractivity contribution >= 4 is 11.6 Å². The lowest BCUT2D eigenvalue weighted by Crippen LogP contribution is -2.31. The third-order valence-corrected chi connectivity index (χ3v) is 3.91. The number of carbonyl (C=O) groups excluding carboxylic acids is 1. The van der Waals surface area contributed by atoms with Crippen molar-refractivity contribution in [3.8, 4) is 11.5 Å². The van der Waals surface area contributed by atoms with Gasteiger partial charge in [0.05, 0.1) is 13.7 Å². The number of rotatable bonds is 6. The maximum absolute atomic E-state index is 13.0. The molecule has 0 atom stereocenters. The fourth-order valence-corrected chi connectivity index (χ4v) is 2.76. The van der Waals surface area contributed by atoms with E-state index in [4.69, 9.17) is 9.47 Å². The molecule has 0 aromatic heterocycles. The van der Waals surface area contributed by atoms with Crippen LogP contribution < -0.4 is 14.4 Å². The fraction of sp³-hybridized carbons (Fsp3) is 0.350. The molecule has 0 spiro atoms. The lowest BCUT2D eigenvalue weighted by molar-refractivity contribution is 0.0987. The number of carbonyl (C=O) groups is 1. The molecule has 0 N–H and O–H groups in total. The molecule has 0 heterocycles. The topological polar surface area (TPSA) is 38.8 Å². The lowest BCUT2D eigenvalue weighted by Gasteiger charge is -2.24. The van der Waals surface area contributed by atoms with E-state index in [2.05, 4.69) is 6.07 Å². The van der Waals surface area contributed by atoms with Gasteiger partial charge in [0.2, 0.25) is 0 Å². The van der Waals surface area contributed by atoms with Gasteiger partial charge in [-0.3, -0.25) is 4.79 Å². The molecule has 0 fully saturated rings. The molecule has 0 radical (unpaired) electrons. The van der Waals surface area contributed by atoms with Gasteiger partial charge in [-0.05, 0) is 57.5 Å². The Morgan fingerprint density at radius 3 is 2.38 bits per heavy atom. The van der Waals surface area contributed by atoms with Crippen LogP contribution >= 0.6 is 0 Å². The molecule has 128 valence electrons. The second kappa shape index (κ2) is 7.86. The van der Waals surface area contributed by atoms with Crippen LogP contribution in [-0.2, 0) is 0 Å². The number of nitrogens with zero attached hydrogens (tertiary/aromatic N) is 1. The highest BCUT2D eigenvalue weighted by Gasteiger charge is 2.19. The first-order chi connectivity index (χ1) is 11.5. The average Bonchev–Trinajstić information content (AvgIpc) is 2.57. The van der Waals surface area contributed by atoms with Gasteiger partial charge in [0, 0.05) is 17.8 Å². The molecule has 0 aliphatic heterocycles. The SMILES string of the molecule is CCOc1ccc(C(=O)N(CC)c2ccc(C)cc2C)cc1OC. The summed E-state index contributed by atoms with van der Waals surface area (Å²) in [6, 6.07) is 11.4. The van der Waals surface area contributed by atoms with Crippen LogP contribution in [0.15, 0.2) is 36.4 Å². The Morgan fingerprint density at radius 1 is 1.04 bits per heavy atom. The molecule has 1 amide bonds. The third kappa shape index (κ3) is 3.70. The van der Waals surface area contributed by atoms with Crippen LogP contribution in [0.5, 0.6) is 11.5 Å². The summed E-state index contributed by atoms with van der Waals surface area (Å²) in [7, 11) is 1.58. The molecule has 2 aromatic carbocycles. The van der Waals surface area contributed by atoms with Gasteiger partial charge in [-0.1, -0.05) is 17.7 Å². The lowest BCUT2D eigenvalue weighted by atomic mass is 10.1. The number of benzene rings is 2. The monoisotopic (exact) mass is 327 g/mol. The Bertz CT molecular complexity index is 725.